The third kappa shape index (κ3) is 4.03. The first kappa shape index (κ1) is 15.9. The fraction of sp³-hybridized carbons (Fsp3) is 0.250. The summed E-state index contributed by atoms with van der Waals surface area (Å²) in [5, 5.41) is 0. The molecule has 0 aliphatic carbocycles. The molecule has 21 heavy (non-hydrogen) atoms. The van der Waals surface area contributed by atoms with Gasteiger partial charge in [-0.05, 0) is 41.5 Å². The molecule has 0 aromatic heterocycles. The maximum Gasteiger partial charge on any atom is 0.162 e. The molecule has 0 bridgehead atoms. The molecule has 2 rings (SSSR count). The normalized spacial score (nSPS) is 12.4. The Morgan fingerprint density at radius 2 is 1.86 bits per heavy atom. The molecule has 2 nitrogen and oxygen atoms in total. The van der Waals surface area contributed by atoms with Gasteiger partial charge in [0.25, 0.3) is 0 Å². The Bertz CT molecular complexity index is 587. The summed E-state index contributed by atoms with van der Waals surface area (Å²) < 4.78 is 27.0. The topological polar surface area (TPSA) is 38.0 Å². The smallest absolute Gasteiger partial charge is 0.162 e. The molecule has 2 aromatic rings. The lowest BCUT2D eigenvalue weighted by molar-refractivity contribution is 0.481. The van der Waals surface area contributed by atoms with E-state index in [4.69, 9.17) is 5.84 Å². The van der Waals surface area contributed by atoms with Crippen molar-refractivity contribution in [2.75, 3.05) is 5.75 Å². The van der Waals surface area contributed by atoms with E-state index in [9.17, 15) is 8.78 Å². The average Bonchev–Trinajstić information content (AvgIpc) is 2.50. The zero-order valence-electron chi connectivity index (χ0n) is 11.8. The number of nitrogens with two attached hydrogens (primary N) is 1. The zero-order valence-corrected chi connectivity index (χ0v) is 12.6. The fourth-order valence-electron chi connectivity index (χ4n) is 2.16. The molecule has 0 amide bonds. The Morgan fingerprint density at radius 3 is 2.48 bits per heavy atom. The molecule has 0 fully saturated rings. The SMILES string of the molecule is CCSc1ccc(C(Cc2cccc(F)c2F)NN)cc1. The van der Waals surface area contributed by atoms with Gasteiger partial charge in [-0.2, -0.15) is 0 Å². The first-order valence-electron chi connectivity index (χ1n) is 6.77. The molecule has 3 N–H and O–H groups in total. The van der Waals surface area contributed by atoms with Gasteiger partial charge in [0.2, 0.25) is 0 Å². The van der Waals surface area contributed by atoms with Gasteiger partial charge in [-0.3, -0.25) is 11.3 Å². The molecule has 0 saturated carbocycles. The van der Waals surface area contributed by atoms with E-state index >= 15 is 0 Å². The molecule has 0 spiro atoms. The highest BCUT2D eigenvalue weighted by Gasteiger charge is 2.15. The summed E-state index contributed by atoms with van der Waals surface area (Å²) in [6.45, 7) is 2.09. The van der Waals surface area contributed by atoms with Gasteiger partial charge in [0.1, 0.15) is 0 Å². The zero-order chi connectivity index (χ0) is 15.2. The molecule has 2 aromatic carbocycles. The van der Waals surface area contributed by atoms with E-state index in [2.05, 4.69) is 12.3 Å². The molecule has 1 unspecified atom stereocenters. The number of thioether (sulfide) groups is 1. The van der Waals surface area contributed by atoms with Crippen LogP contribution in [0.25, 0.3) is 0 Å². The number of benzene rings is 2. The Kier molecular flexibility index (Phi) is 5.73. The van der Waals surface area contributed by atoms with E-state index in [0.717, 1.165) is 17.4 Å². The lowest BCUT2D eigenvalue weighted by Gasteiger charge is -2.17. The van der Waals surface area contributed by atoms with Gasteiger partial charge >= 0.3 is 0 Å². The van der Waals surface area contributed by atoms with Crippen LogP contribution >= 0.6 is 11.8 Å². The van der Waals surface area contributed by atoms with Crippen LogP contribution < -0.4 is 11.3 Å². The Morgan fingerprint density at radius 1 is 1.14 bits per heavy atom. The number of halogens is 2. The molecular formula is C16H18F2N2S. The van der Waals surface area contributed by atoms with Crippen LogP contribution in [0.3, 0.4) is 0 Å². The Labute approximate surface area is 127 Å². The monoisotopic (exact) mass is 308 g/mol. The average molecular weight is 308 g/mol. The summed E-state index contributed by atoms with van der Waals surface area (Å²) in [6, 6.07) is 11.9. The maximum absolute atomic E-state index is 13.7. The largest absolute Gasteiger partial charge is 0.271 e. The number of nitrogens with one attached hydrogen (secondary N) is 1. The van der Waals surface area contributed by atoms with Crippen molar-refractivity contribution < 1.29 is 8.78 Å². The van der Waals surface area contributed by atoms with Gasteiger partial charge in [-0.1, -0.05) is 31.2 Å². The molecule has 1 atom stereocenters. The van der Waals surface area contributed by atoms with Crippen LogP contribution in [0.15, 0.2) is 47.4 Å². The third-order valence-corrected chi connectivity index (χ3v) is 4.14. The Hall–Kier alpha value is -1.43. The van der Waals surface area contributed by atoms with Crippen molar-refractivity contribution in [3.8, 4) is 0 Å². The molecule has 0 radical (unpaired) electrons. The van der Waals surface area contributed by atoms with Crippen molar-refractivity contribution in [3.05, 3.63) is 65.2 Å². The lowest BCUT2D eigenvalue weighted by Crippen LogP contribution is -2.29. The number of rotatable bonds is 6. The minimum Gasteiger partial charge on any atom is -0.271 e. The summed E-state index contributed by atoms with van der Waals surface area (Å²) in [6.07, 6.45) is 0.292. The summed E-state index contributed by atoms with van der Waals surface area (Å²) in [5.41, 5.74) is 3.93. The predicted molar refractivity (Wildman–Crippen MR) is 83.0 cm³/mol. The van der Waals surface area contributed by atoms with Crippen molar-refractivity contribution in [1.29, 1.82) is 0 Å². The number of hydrogen-bond acceptors (Lipinski definition) is 3. The van der Waals surface area contributed by atoms with E-state index in [1.54, 1.807) is 17.8 Å². The molecular weight excluding hydrogens is 290 g/mol. The number of hydrogen-bond donors (Lipinski definition) is 2. The van der Waals surface area contributed by atoms with Crippen LogP contribution in [0, 0.1) is 11.6 Å². The minimum absolute atomic E-state index is 0.262. The third-order valence-electron chi connectivity index (χ3n) is 3.25. The van der Waals surface area contributed by atoms with Gasteiger partial charge in [0.15, 0.2) is 11.6 Å². The molecule has 5 heteroatoms. The summed E-state index contributed by atoms with van der Waals surface area (Å²) >= 11 is 1.75. The van der Waals surface area contributed by atoms with Crippen molar-refractivity contribution in [3.63, 3.8) is 0 Å². The first-order valence-corrected chi connectivity index (χ1v) is 7.76. The highest BCUT2D eigenvalue weighted by atomic mass is 32.2. The quantitative estimate of drug-likeness (QED) is 0.484. The maximum atomic E-state index is 13.7. The highest BCUT2D eigenvalue weighted by Crippen LogP contribution is 2.24. The fourth-order valence-corrected chi connectivity index (χ4v) is 2.82. The second kappa shape index (κ2) is 7.54. The summed E-state index contributed by atoms with van der Waals surface area (Å²) in [5.74, 6) is 4.93. The number of hydrazine groups is 1. The predicted octanol–water partition coefficient (Wildman–Crippen LogP) is 3.82. The van der Waals surface area contributed by atoms with E-state index in [1.165, 1.54) is 11.0 Å². The van der Waals surface area contributed by atoms with Gasteiger partial charge in [0, 0.05) is 4.90 Å². The van der Waals surface area contributed by atoms with Crippen molar-refractivity contribution in [1.82, 2.24) is 5.43 Å². The first-order chi connectivity index (χ1) is 10.2. The molecule has 112 valence electrons. The highest BCUT2D eigenvalue weighted by molar-refractivity contribution is 7.99. The Balaban J connectivity index is 2.17. The van der Waals surface area contributed by atoms with Crippen LogP contribution in [0.5, 0.6) is 0 Å². The van der Waals surface area contributed by atoms with Gasteiger partial charge in [-0.25, -0.2) is 8.78 Å². The second-order valence-corrected chi connectivity index (χ2v) is 5.98. The van der Waals surface area contributed by atoms with Gasteiger partial charge < -0.3 is 0 Å². The van der Waals surface area contributed by atoms with Crippen LogP contribution in [0.4, 0.5) is 8.78 Å². The summed E-state index contributed by atoms with van der Waals surface area (Å²) in [7, 11) is 0. The second-order valence-electron chi connectivity index (χ2n) is 4.64. The van der Waals surface area contributed by atoms with E-state index in [-0.39, 0.29) is 6.04 Å². The molecule has 0 saturated heterocycles. The molecule has 0 heterocycles. The van der Waals surface area contributed by atoms with Gasteiger partial charge in [0.05, 0.1) is 6.04 Å². The van der Waals surface area contributed by atoms with E-state index in [1.807, 2.05) is 24.3 Å². The van der Waals surface area contributed by atoms with Crippen molar-refractivity contribution in [2.24, 2.45) is 5.84 Å². The van der Waals surface area contributed by atoms with Gasteiger partial charge in [-0.15, -0.1) is 11.8 Å². The summed E-state index contributed by atoms with van der Waals surface area (Å²) in [4.78, 5) is 1.17. The van der Waals surface area contributed by atoms with Crippen LogP contribution in [0.2, 0.25) is 0 Å². The van der Waals surface area contributed by atoms with E-state index in [0.29, 0.717) is 12.0 Å². The van der Waals surface area contributed by atoms with Crippen molar-refractivity contribution in [2.45, 2.75) is 24.3 Å². The van der Waals surface area contributed by atoms with Crippen LogP contribution in [-0.4, -0.2) is 5.75 Å². The van der Waals surface area contributed by atoms with Crippen molar-refractivity contribution >= 4 is 11.8 Å². The van der Waals surface area contributed by atoms with Crippen LogP contribution in [-0.2, 0) is 6.42 Å². The van der Waals surface area contributed by atoms with E-state index < -0.39 is 11.6 Å². The minimum atomic E-state index is -0.835. The molecule has 0 aliphatic heterocycles. The van der Waals surface area contributed by atoms with Crippen LogP contribution in [0.1, 0.15) is 24.1 Å². The molecule has 0 aliphatic rings. The standard InChI is InChI=1S/C16H18F2N2S/c1-2-21-13-8-6-11(7-9-13)15(20-19)10-12-4-3-5-14(17)16(12)18/h3-9,15,20H,2,10,19H2,1H3. The lowest BCUT2D eigenvalue weighted by atomic mass is 9.99.